The average molecular weight is 844 g/mol. The molecule has 0 aromatic rings. The van der Waals surface area contributed by atoms with E-state index in [9.17, 15) is 38.4 Å². The molecule has 8 N–H and O–H groups in total. The van der Waals surface area contributed by atoms with Crippen LogP contribution in [0.2, 0.25) is 0 Å². The van der Waals surface area contributed by atoms with Crippen molar-refractivity contribution in [2.45, 2.75) is 110 Å². The lowest BCUT2D eigenvalue weighted by Gasteiger charge is -2.14. The van der Waals surface area contributed by atoms with Crippen molar-refractivity contribution >= 4 is 47.1 Å². The number of nitrogens with zero attached hydrogens (tertiary/aromatic N) is 1. The predicted octanol–water partition coefficient (Wildman–Crippen LogP) is 0.248. The third-order valence-corrected chi connectivity index (χ3v) is 9.22. The molecular weight excluding hydrogens is 770 g/mol. The second-order valence-corrected chi connectivity index (χ2v) is 14.2. The molecule has 0 aromatic heterocycles. The molecule has 19 heteroatoms. The van der Waals surface area contributed by atoms with Crippen molar-refractivity contribution in [1.82, 2.24) is 26.2 Å². The van der Waals surface area contributed by atoms with Crippen LogP contribution in [-0.2, 0) is 57.3 Å². The fraction of sp³-hybridized carbons (Fsp3) is 0.800. The maximum Gasteiger partial charge on any atom is 0.245 e. The van der Waals surface area contributed by atoms with Gasteiger partial charge in [-0.1, -0.05) is 33.6 Å². The molecule has 7 amide bonds. The number of likely N-dealkylation sites (N-methyl/N-ethyl adjacent to an activating group) is 1. The summed E-state index contributed by atoms with van der Waals surface area (Å²) >= 11 is 0. The van der Waals surface area contributed by atoms with Crippen LogP contribution in [0.5, 0.6) is 0 Å². The van der Waals surface area contributed by atoms with E-state index in [0.29, 0.717) is 58.7 Å². The molecule has 1 heterocycles. The molecule has 1 rings (SSSR count). The third kappa shape index (κ3) is 29.8. The molecule has 0 aliphatic carbocycles. The first-order valence-corrected chi connectivity index (χ1v) is 21.0. The number of hydrogen-bond donors (Lipinski definition) is 6. The fourth-order valence-corrected chi connectivity index (χ4v) is 5.72. The van der Waals surface area contributed by atoms with Crippen molar-refractivity contribution in [3.63, 3.8) is 0 Å². The number of rotatable bonds is 36. The first-order valence-electron chi connectivity index (χ1n) is 21.0. The van der Waals surface area contributed by atoms with E-state index in [1.54, 1.807) is 14.0 Å². The van der Waals surface area contributed by atoms with Gasteiger partial charge in [-0.25, -0.2) is 0 Å². The quantitative estimate of drug-likeness (QED) is 0.0365. The number of amides is 7. The standard InChI is InChI=1S/C23H40N4O7.C17H33N3O5/c1-3-6-18(22(24)31)7-4-5-9-25-20(29)16-34-14-13-33-12-10-26-19(28)8-11-27-21(30)15-17(2)23(27)32;1-3-14(21)7-6-10-24-11-12-25-13-16(22)20-9-5-4-8-15(19-2)17(18)23/h17-18H,3-16H2,1-2H3,(H2,24,31)(H,25,29)(H,26,28);15,19H,3-13H2,1-2H3,(H2,18,23)(H,20,22). The monoisotopic (exact) mass is 844 g/mol. The molecular formula is C40H73N7O12. The van der Waals surface area contributed by atoms with Crippen LogP contribution >= 0.6 is 0 Å². The number of primary amides is 2. The minimum absolute atomic E-state index is 0.00188. The van der Waals surface area contributed by atoms with E-state index < -0.39 is 0 Å². The topological polar surface area (TPSA) is 277 Å². The highest BCUT2D eigenvalue weighted by Crippen LogP contribution is 2.18. The fourth-order valence-electron chi connectivity index (χ4n) is 5.72. The highest BCUT2D eigenvalue weighted by molar-refractivity contribution is 6.03. The van der Waals surface area contributed by atoms with Crippen molar-refractivity contribution < 1.29 is 57.3 Å². The Labute approximate surface area is 349 Å². The molecule has 0 saturated carbocycles. The highest BCUT2D eigenvalue weighted by atomic mass is 16.5. The van der Waals surface area contributed by atoms with Gasteiger partial charge in [-0.15, -0.1) is 0 Å². The van der Waals surface area contributed by atoms with Crippen molar-refractivity contribution in [1.29, 1.82) is 0 Å². The second kappa shape index (κ2) is 35.9. The number of imide groups is 1. The molecule has 0 radical (unpaired) electrons. The summed E-state index contributed by atoms with van der Waals surface area (Å²) in [5, 5.41) is 11.0. The van der Waals surface area contributed by atoms with Crippen LogP contribution in [0.1, 0.15) is 104 Å². The van der Waals surface area contributed by atoms with Gasteiger partial charge in [-0.3, -0.25) is 43.3 Å². The number of ether oxygens (including phenoxy) is 4. The Kier molecular flexibility index (Phi) is 33.4. The summed E-state index contributed by atoms with van der Waals surface area (Å²) in [7, 11) is 1.70. The van der Waals surface area contributed by atoms with E-state index in [1.165, 1.54) is 0 Å². The predicted molar refractivity (Wildman–Crippen MR) is 219 cm³/mol. The van der Waals surface area contributed by atoms with E-state index in [1.807, 2.05) is 13.8 Å². The van der Waals surface area contributed by atoms with Crippen LogP contribution < -0.4 is 32.7 Å². The second-order valence-electron chi connectivity index (χ2n) is 14.2. The van der Waals surface area contributed by atoms with Gasteiger partial charge in [0.25, 0.3) is 0 Å². The zero-order chi connectivity index (χ0) is 44.3. The van der Waals surface area contributed by atoms with Gasteiger partial charge in [0.15, 0.2) is 0 Å². The van der Waals surface area contributed by atoms with E-state index in [2.05, 4.69) is 21.3 Å². The number of unbranched alkanes of at least 4 members (excludes halogenated alkanes) is 2. The van der Waals surface area contributed by atoms with Gasteiger partial charge in [0.1, 0.15) is 19.0 Å². The Morgan fingerprint density at radius 3 is 1.75 bits per heavy atom. The van der Waals surface area contributed by atoms with Crippen molar-refractivity contribution in [2.75, 3.05) is 86.1 Å². The van der Waals surface area contributed by atoms with Crippen molar-refractivity contribution in [3.05, 3.63) is 0 Å². The number of likely N-dealkylation sites (tertiary alicyclic amines) is 1. The number of nitrogens with one attached hydrogen (secondary N) is 4. The Bertz CT molecular complexity index is 1260. The van der Waals surface area contributed by atoms with E-state index in [-0.39, 0.29) is 117 Å². The van der Waals surface area contributed by atoms with Crippen molar-refractivity contribution in [3.8, 4) is 0 Å². The summed E-state index contributed by atoms with van der Waals surface area (Å²) in [5.74, 6) is -1.88. The molecule has 1 aliphatic rings. The highest BCUT2D eigenvalue weighted by Gasteiger charge is 2.35. The number of ketones is 1. The number of carbonyl (C=O) groups excluding carboxylic acids is 8. The molecule has 1 saturated heterocycles. The Balaban J connectivity index is 0.00000120. The van der Waals surface area contributed by atoms with Gasteiger partial charge >= 0.3 is 0 Å². The normalized spacial score (nSPS) is 14.6. The van der Waals surface area contributed by atoms with Gasteiger partial charge < -0.3 is 51.7 Å². The minimum Gasteiger partial charge on any atom is -0.379 e. The minimum atomic E-state index is -0.362. The molecule has 0 bridgehead atoms. The summed E-state index contributed by atoms with van der Waals surface area (Å²) in [6.45, 7) is 9.05. The zero-order valence-electron chi connectivity index (χ0n) is 35.9. The van der Waals surface area contributed by atoms with E-state index in [0.717, 1.165) is 56.3 Å². The van der Waals surface area contributed by atoms with Crippen LogP contribution in [0.15, 0.2) is 0 Å². The lowest BCUT2D eigenvalue weighted by molar-refractivity contribution is -0.139. The van der Waals surface area contributed by atoms with Crippen LogP contribution in [0.3, 0.4) is 0 Å². The summed E-state index contributed by atoms with van der Waals surface area (Å²) in [6.07, 6.45) is 8.39. The maximum absolute atomic E-state index is 11.8. The SMILES string of the molecule is CCC(=O)CCCOCCOCC(=O)NCCCCC(NC)C(N)=O.CCCC(CCCCNC(=O)COCCOCCNC(=O)CCN1C(=O)CC(C)C1=O)C(N)=O. The van der Waals surface area contributed by atoms with Crippen LogP contribution in [0.4, 0.5) is 0 Å². The first-order chi connectivity index (χ1) is 28.3. The Hall–Kier alpha value is -4.04. The molecule has 3 unspecified atom stereocenters. The maximum atomic E-state index is 11.8. The zero-order valence-corrected chi connectivity index (χ0v) is 35.9. The van der Waals surface area contributed by atoms with Crippen LogP contribution in [-0.4, -0.2) is 144 Å². The van der Waals surface area contributed by atoms with Gasteiger partial charge in [0.2, 0.25) is 41.4 Å². The van der Waals surface area contributed by atoms with Gasteiger partial charge in [0.05, 0.1) is 39.1 Å². The largest absolute Gasteiger partial charge is 0.379 e. The summed E-state index contributed by atoms with van der Waals surface area (Å²) in [6, 6.07) is -0.320. The number of hydrogen-bond acceptors (Lipinski definition) is 13. The van der Waals surface area contributed by atoms with Crippen molar-refractivity contribution in [2.24, 2.45) is 23.3 Å². The summed E-state index contributed by atoms with van der Waals surface area (Å²) in [5.41, 5.74) is 10.6. The molecule has 59 heavy (non-hydrogen) atoms. The molecule has 1 aliphatic heterocycles. The molecule has 19 nitrogen and oxygen atoms in total. The number of Topliss-reactive ketones (excluding diaryl/α,β-unsaturated/α-hetero) is 1. The lowest BCUT2D eigenvalue weighted by Crippen LogP contribution is -2.39. The van der Waals surface area contributed by atoms with E-state index >= 15 is 0 Å². The Morgan fingerprint density at radius 1 is 0.678 bits per heavy atom. The van der Waals surface area contributed by atoms with Crippen LogP contribution in [0, 0.1) is 11.8 Å². The molecule has 340 valence electrons. The lowest BCUT2D eigenvalue weighted by atomic mass is 9.96. The third-order valence-electron chi connectivity index (χ3n) is 9.22. The number of nitrogens with two attached hydrogens (primary N) is 2. The molecule has 0 spiro atoms. The Morgan fingerprint density at radius 2 is 1.24 bits per heavy atom. The molecule has 1 fully saturated rings. The smallest absolute Gasteiger partial charge is 0.245 e. The molecule has 3 atom stereocenters. The molecule has 0 aromatic carbocycles. The van der Waals surface area contributed by atoms with E-state index in [4.69, 9.17) is 30.4 Å². The van der Waals surface area contributed by atoms with Gasteiger partial charge in [-0.2, -0.15) is 0 Å². The van der Waals surface area contributed by atoms with Crippen LogP contribution in [0.25, 0.3) is 0 Å². The summed E-state index contributed by atoms with van der Waals surface area (Å²) < 4.78 is 21.1. The number of carbonyl (C=O) groups is 8. The summed E-state index contributed by atoms with van der Waals surface area (Å²) in [4.78, 5) is 93.1. The first kappa shape index (κ1) is 55.0. The van der Waals surface area contributed by atoms with Gasteiger partial charge in [0, 0.05) is 70.3 Å². The average Bonchev–Trinajstić information content (AvgIpc) is 3.45. The van der Waals surface area contributed by atoms with Gasteiger partial charge in [-0.05, 0) is 52.0 Å².